The van der Waals surface area contributed by atoms with Crippen LogP contribution in [0, 0.1) is 0 Å². The van der Waals surface area contributed by atoms with Crippen molar-refractivity contribution in [3.63, 3.8) is 0 Å². The Bertz CT molecular complexity index is 541. The molecule has 4 nitrogen and oxygen atoms in total. The molecule has 1 unspecified atom stereocenters. The lowest BCUT2D eigenvalue weighted by atomic mass is 10.1. The van der Waals surface area contributed by atoms with E-state index in [2.05, 4.69) is 34.3 Å². The number of hydrogen-bond acceptors (Lipinski definition) is 3. The summed E-state index contributed by atoms with van der Waals surface area (Å²) in [7, 11) is 0. The number of ether oxygens (including phenoxy) is 1. The minimum atomic E-state index is 0.385. The van der Waals surface area contributed by atoms with E-state index in [-0.39, 0.29) is 0 Å². The van der Waals surface area contributed by atoms with Crippen molar-refractivity contribution >= 4 is 0 Å². The molecule has 2 heterocycles. The summed E-state index contributed by atoms with van der Waals surface area (Å²) in [6.45, 7) is 3.96. The largest absolute Gasteiger partial charge is 0.494 e. The zero-order valence-electron chi connectivity index (χ0n) is 11.9. The highest BCUT2D eigenvalue weighted by Crippen LogP contribution is 2.25. The number of nitrogens with zero attached hydrogens (tertiary/aromatic N) is 1. The Morgan fingerprint density at radius 3 is 2.85 bits per heavy atom. The lowest BCUT2D eigenvalue weighted by Crippen LogP contribution is -2.14. The first-order valence-electron chi connectivity index (χ1n) is 7.38. The van der Waals surface area contributed by atoms with Crippen LogP contribution in [0.15, 0.2) is 30.5 Å². The molecule has 106 valence electrons. The van der Waals surface area contributed by atoms with E-state index < -0.39 is 0 Å². The van der Waals surface area contributed by atoms with E-state index in [9.17, 15) is 0 Å². The first-order chi connectivity index (χ1) is 9.86. The van der Waals surface area contributed by atoms with Gasteiger partial charge in [0.2, 0.25) is 0 Å². The maximum Gasteiger partial charge on any atom is 0.123 e. The monoisotopic (exact) mass is 271 g/mol. The van der Waals surface area contributed by atoms with Crippen LogP contribution in [0.1, 0.15) is 38.1 Å². The third kappa shape index (κ3) is 2.85. The molecule has 1 atom stereocenters. The van der Waals surface area contributed by atoms with Gasteiger partial charge < -0.3 is 15.0 Å². The summed E-state index contributed by atoms with van der Waals surface area (Å²) in [5.41, 5.74) is 2.21. The van der Waals surface area contributed by atoms with Gasteiger partial charge in [0.05, 0.1) is 24.5 Å². The SMILES string of the molecule is CCCOc1ccc(-c2cnc(C3CCCN3)[nH]2)cc1. The van der Waals surface area contributed by atoms with Crippen LogP contribution in [0.5, 0.6) is 5.75 Å². The van der Waals surface area contributed by atoms with Gasteiger partial charge in [0.1, 0.15) is 11.6 Å². The van der Waals surface area contributed by atoms with Gasteiger partial charge in [0.25, 0.3) is 0 Å². The molecule has 1 aromatic carbocycles. The van der Waals surface area contributed by atoms with Crippen molar-refractivity contribution in [3.8, 4) is 17.0 Å². The molecule has 3 rings (SSSR count). The zero-order chi connectivity index (χ0) is 13.8. The second-order valence-corrected chi connectivity index (χ2v) is 5.20. The maximum absolute atomic E-state index is 5.60. The van der Waals surface area contributed by atoms with Crippen LogP contribution in [0.25, 0.3) is 11.3 Å². The summed E-state index contributed by atoms with van der Waals surface area (Å²) in [4.78, 5) is 7.92. The van der Waals surface area contributed by atoms with Gasteiger partial charge in [-0.25, -0.2) is 4.98 Å². The normalized spacial score (nSPS) is 18.4. The summed E-state index contributed by atoms with van der Waals surface area (Å²) in [5, 5.41) is 3.46. The van der Waals surface area contributed by atoms with E-state index in [1.54, 1.807) is 0 Å². The summed E-state index contributed by atoms with van der Waals surface area (Å²) in [6, 6.07) is 8.56. The Balaban J connectivity index is 1.72. The molecule has 0 aliphatic carbocycles. The van der Waals surface area contributed by atoms with Crippen molar-refractivity contribution in [3.05, 3.63) is 36.3 Å². The van der Waals surface area contributed by atoms with Crippen LogP contribution in [0.3, 0.4) is 0 Å². The average molecular weight is 271 g/mol. The molecule has 20 heavy (non-hydrogen) atoms. The highest BCUT2D eigenvalue weighted by molar-refractivity contribution is 5.59. The van der Waals surface area contributed by atoms with E-state index in [0.29, 0.717) is 6.04 Å². The van der Waals surface area contributed by atoms with Crippen LogP contribution >= 0.6 is 0 Å². The Morgan fingerprint density at radius 2 is 2.15 bits per heavy atom. The molecule has 1 aromatic heterocycles. The molecule has 0 bridgehead atoms. The van der Waals surface area contributed by atoms with Gasteiger partial charge in [-0.3, -0.25) is 0 Å². The van der Waals surface area contributed by atoms with Gasteiger partial charge in [0.15, 0.2) is 0 Å². The van der Waals surface area contributed by atoms with E-state index in [0.717, 1.165) is 48.8 Å². The number of imidazole rings is 1. The molecular weight excluding hydrogens is 250 g/mol. The number of rotatable bonds is 5. The number of hydrogen-bond donors (Lipinski definition) is 2. The van der Waals surface area contributed by atoms with Crippen molar-refractivity contribution in [1.82, 2.24) is 15.3 Å². The van der Waals surface area contributed by atoms with Gasteiger partial charge >= 0.3 is 0 Å². The fourth-order valence-corrected chi connectivity index (χ4v) is 2.53. The standard InChI is InChI=1S/C16H21N3O/c1-2-10-20-13-7-5-12(6-8-13)15-11-18-16(19-15)14-4-3-9-17-14/h5-8,11,14,17H,2-4,9-10H2,1H3,(H,18,19). The Morgan fingerprint density at radius 1 is 1.30 bits per heavy atom. The average Bonchev–Trinajstić information content (AvgIpc) is 3.16. The van der Waals surface area contributed by atoms with E-state index in [1.165, 1.54) is 6.42 Å². The van der Waals surface area contributed by atoms with Crippen LogP contribution in [-0.2, 0) is 0 Å². The van der Waals surface area contributed by atoms with Crippen molar-refractivity contribution in [2.24, 2.45) is 0 Å². The molecule has 4 heteroatoms. The molecule has 1 aliphatic rings. The lowest BCUT2D eigenvalue weighted by molar-refractivity contribution is 0.317. The second kappa shape index (κ2) is 6.09. The van der Waals surface area contributed by atoms with Crippen LogP contribution < -0.4 is 10.1 Å². The van der Waals surface area contributed by atoms with Gasteiger partial charge in [-0.05, 0) is 55.6 Å². The molecule has 1 saturated heterocycles. The molecule has 0 amide bonds. The van der Waals surface area contributed by atoms with Gasteiger partial charge in [-0.2, -0.15) is 0 Å². The second-order valence-electron chi connectivity index (χ2n) is 5.20. The third-order valence-corrected chi connectivity index (χ3v) is 3.62. The van der Waals surface area contributed by atoms with E-state index in [4.69, 9.17) is 4.74 Å². The smallest absolute Gasteiger partial charge is 0.123 e. The number of H-pyrrole nitrogens is 1. The summed E-state index contributed by atoms with van der Waals surface area (Å²) >= 11 is 0. The minimum absolute atomic E-state index is 0.385. The van der Waals surface area contributed by atoms with E-state index >= 15 is 0 Å². The molecule has 2 N–H and O–H groups in total. The van der Waals surface area contributed by atoms with Gasteiger partial charge in [-0.1, -0.05) is 6.92 Å². The van der Waals surface area contributed by atoms with Crippen molar-refractivity contribution in [2.75, 3.05) is 13.2 Å². The van der Waals surface area contributed by atoms with Crippen LogP contribution in [0.2, 0.25) is 0 Å². The number of benzene rings is 1. The molecule has 0 radical (unpaired) electrons. The van der Waals surface area contributed by atoms with Crippen LogP contribution in [-0.4, -0.2) is 23.1 Å². The van der Waals surface area contributed by atoms with E-state index in [1.807, 2.05) is 18.3 Å². The van der Waals surface area contributed by atoms with Crippen molar-refractivity contribution < 1.29 is 4.74 Å². The fourth-order valence-electron chi connectivity index (χ4n) is 2.53. The van der Waals surface area contributed by atoms with Gasteiger partial charge in [0, 0.05) is 0 Å². The molecule has 1 fully saturated rings. The molecule has 0 saturated carbocycles. The molecular formula is C16H21N3O. The maximum atomic E-state index is 5.60. The lowest BCUT2D eigenvalue weighted by Gasteiger charge is -2.06. The fraction of sp³-hybridized carbons (Fsp3) is 0.438. The first kappa shape index (κ1) is 13.2. The summed E-state index contributed by atoms with van der Waals surface area (Å²) in [5.74, 6) is 1.97. The van der Waals surface area contributed by atoms with Crippen molar-refractivity contribution in [1.29, 1.82) is 0 Å². The highest BCUT2D eigenvalue weighted by atomic mass is 16.5. The van der Waals surface area contributed by atoms with Gasteiger partial charge in [-0.15, -0.1) is 0 Å². The number of aromatic amines is 1. The number of nitrogens with one attached hydrogen (secondary N) is 2. The topological polar surface area (TPSA) is 49.9 Å². The predicted molar refractivity (Wildman–Crippen MR) is 79.8 cm³/mol. The Hall–Kier alpha value is -1.81. The predicted octanol–water partition coefficient (Wildman–Crippen LogP) is 3.29. The third-order valence-electron chi connectivity index (χ3n) is 3.62. The highest BCUT2D eigenvalue weighted by Gasteiger charge is 2.19. The van der Waals surface area contributed by atoms with Crippen LogP contribution in [0.4, 0.5) is 0 Å². The Labute approximate surface area is 119 Å². The van der Waals surface area contributed by atoms with Crippen molar-refractivity contribution in [2.45, 2.75) is 32.2 Å². The molecule has 0 spiro atoms. The zero-order valence-corrected chi connectivity index (χ0v) is 11.9. The quantitative estimate of drug-likeness (QED) is 0.877. The summed E-state index contributed by atoms with van der Waals surface area (Å²) in [6.07, 6.45) is 5.33. The first-order valence-corrected chi connectivity index (χ1v) is 7.38. The molecule has 1 aliphatic heterocycles. The Kier molecular flexibility index (Phi) is 4.02. The number of aromatic nitrogens is 2. The minimum Gasteiger partial charge on any atom is -0.494 e. The molecule has 2 aromatic rings. The summed E-state index contributed by atoms with van der Waals surface area (Å²) < 4.78 is 5.60.